The highest BCUT2D eigenvalue weighted by atomic mass is 32.1. The Morgan fingerprint density at radius 1 is 1.11 bits per heavy atom. The van der Waals surface area contributed by atoms with Crippen LogP contribution in [0.2, 0.25) is 0 Å². The Kier molecular flexibility index (Phi) is 4.85. The molecular formula is C21H23N5OS. The fourth-order valence-electron chi connectivity index (χ4n) is 4.04. The fourth-order valence-corrected chi connectivity index (χ4v) is 4.70. The lowest BCUT2D eigenvalue weighted by atomic mass is 9.70. The molecule has 0 bridgehead atoms. The zero-order valence-corrected chi connectivity index (χ0v) is 16.9. The minimum Gasteiger partial charge on any atom is -0.375 e. The maximum absolute atomic E-state index is 13.0. The van der Waals surface area contributed by atoms with Crippen molar-refractivity contribution >= 4 is 22.4 Å². The highest BCUT2D eigenvalue weighted by Gasteiger charge is 2.41. The lowest BCUT2D eigenvalue weighted by Crippen LogP contribution is -2.46. The van der Waals surface area contributed by atoms with Crippen molar-refractivity contribution in [3.8, 4) is 0 Å². The van der Waals surface area contributed by atoms with Crippen molar-refractivity contribution < 1.29 is 4.79 Å². The Morgan fingerprint density at radius 2 is 1.82 bits per heavy atom. The third-order valence-electron chi connectivity index (χ3n) is 5.43. The van der Waals surface area contributed by atoms with Gasteiger partial charge in [0.05, 0.1) is 5.69 Å². The van der Waals surface area contributed by atoms with Crippen LogP contribution in [0.5, 0.6) is 0 Å². The predicted molar refractivity (Wildman–Crippen MR) is 110 cm³/mol. The maximum Gasteiger partial charge on any atom is 0.272 e. The summed E-state index contributed by atoms with van der Waals surface area (Å²) in [5.74, 6) is 0.588. The number of rotatable bonds is 3. The summed E-state index contributed by atoms with van der Waals surface area (Å²) in [5.41, 5.74) is 9.21. The second kappa shape index (κ2) is 7.31. The van der Waals surface area contributed by atoms with Crippen LogP contribution < -0.4 is 5.73 Å². The van der Waals surface area contributed by atoms with Crippen molar-refractivity contribution in [3.63, 3.8) is 0 Å². The standard InChI is InChI=1S/C21H23N5OS/c1-14-12-17(24-15(2)23-14)19(27)26-10-8-21(9-11-26,16-6-4-3-5-7-16)18-13-28-20(22)25-18/h3-7,12-13H,8-11H2,1-2H3,(H2,22,25). The quantitative estimate of drug-likeness (QED) is 0.737. The summed E-state index contributed by atoms with van der Waals surface area (Å²) < 4.78 is 0. The van der Waals surface area contributed by atoms with E-state index in [-0.39, 0.29) is 11.3 Å². The van der Waals surface area contributed by atoms with E-state index in [9.17, 15) is 4.79 Å². The third-order valence-corrected chi connectivity index (χ3v) is 6.10. The number of carbonyl (C=O) groups excluding carboxylic acids is 1. The number of aromatic nitrogens is 3. The van der Waals surface area contributed by atoms with Crippen LogP contribution in [-0.2, 0) is 5.41 Å². The van der Waals surface area contributed by atoms with E-state index in [1.54, 1.807) is 6.07 Å². The molecule has 1 saturated heterocycles. The lowest BCUT2D eigenvalue weighted by Gasteiger charge is -2.41. The van der Waals surface area contributed by atoms with Crippen LogP contribution in [-0.4, -0.2) is 38.8 Å². The van der Waals surface area contributed by atoms with Gasteiger partial charge < -0.3 is 10.6 Å². The Labute approximate surface area is 168 Å². The number of piperidine rings is 1. The van der Waals surface area contributed by atoms with Gasteiger partial charge in [0, 0.05) is 29.6 Å². The topological polar surface area (TPSA) is 85.0 Å². The van der Waals surface area contributed by atoms with Crippen LogP contribution in [0, 0.1) is 13.8 Å². The van der Waals surface area contributed by atoms with Crippen LogP contribution in [0.25, 0.3) is 0 Å². The van der Waals surface area contributed by atoms with Crippen LogP contribution in [0.4, 0.5) is 5.13 Å². The molecule has 6 nitrogen and oxygen atoms in total. The maximum atomic E-state index is 13.0. The van der Waals surface area contributed by atoms with Crippen LogP contribution in [0.15, 0.2) is 41.8 Å². The van der Waals surface area contributed by atoms with E-state index in [4.69, 9.17) is 5.73 Å². The Bertz CT molecular complexity index is 973. The first kappa shape index (κ1) is 18.6. The summed E-state index contributed by atoms with van der Waals surface area (Å²) >= 11 is 1.47. The molecule has 0 atom stereocenters. The smallest absolute Gasteiger partial charge is 0.272 e. The Morgan fingerprint density at radius 3 is 2.43 bits per heavy atom. The van der Waals surface area contributed by atoms with Crippen molar-refractivity contribution in [1.29, 1.82) is 0 Å². The molecule has 0 spiro atoms. The van der Waals surface area contributed by atoms with Gasteiger partial charge in [-0.05, 0) is 38.3 Å². The zero-order valence-electron chi connectivity index (χ0n) is 16.1. The van der Waals surface area contributed by atoms with Crippen molar-refractivity contribution in [2.24, 2.45) is 0 Å². The second-order valence-electron chi connectivity index (χ2n) is 7.25. The van der Waals surface area contributed by atoms with Gasteiger partial charge in [-0.15, -0.1) is 11.3 Å². The number of hydrogen-bond acceptors (Lipinski definition) is 6. The average Bonchev–Trinajstić information content (AvgIpc) is 3.14. The fraction of sp³-hybridized carbons (Fsp3) is 0.333. The van der Waals surface area contributed by atoms with E-state index in [0.29, 0.717) is 29.7 Å². The predicted octanol–water partition coefficient (Wildman–Crippen LogP) is 3.35. The largest absolute Gasteiger partial charge is 0.375 e. The number of likely N-dealkylation sites (tertiary alicyclic amines) is 1. The van der Waals surface area contributed by atoms with Gasteiger partial charge in [0.2, 0.25) is 0 Å². The summed E-state index contributed by atoms with van der Waals surface area (Å²) in [6.45, 7) is 4.99. The first-order chi connectivity index (χ1) is 13.5. The van der Waals surface area contributed by atoms with Gasteiger partial charge in [-0.2, -0.15) is 0 Å². The lowest BCUT2D eigenvalue weighted by molar-refractivity contribution is 0.0677. The number of nitrogens with two attached hydrogens (primary N) is 1. The number of benzene rings is 1. The number of aryl methyl sites for hydroxylation is 2. The second-order valence-corrected chi connectivity index (χ2v) is 8.14. The van der Waals surface area contributed by atoms with E-state index in [1.807, 2.05) is 24.8 Å². The van der Waals surface area contributed by atoms with Crippen molar-refractivity contribution in [3.05, 3.63) is 70.2 Å². The Hall–Kier alpha value is -2.80. The molecule has 1 fully saturated rings. The molecule has 0 unspecified atom stereocenters. The molecule has 144 valence electrons. The summed E-state index contributed by atoms with van der Waals surface area (Å²) in [4.78, 5) is 28.1. The van der Waals surface area contributed by atoms with Crippen LogP contribution in [0.3, 0.4) is 0 Å². The molecule has 3 heterocycles. The minimum absolute atomic E-state index is 0.0342. The highest BCUT2D eigenvalue weighted by molar-refractivity contribution is 7.13. The van der Waals surface area contributed by atoms with Gasteiger partial charge in [0.25, 0.3) is 5.91 Å². The van der Waals surface area contributed by atoms with Gasteiger partial charge in [-0.25, -0.2) is 15.0 Å². The Balaban J connectivity index is 1.61. The monoisotopic (exact) mass is 393 g/mol. The molecule has 2 N–H and O–H groups in total. The molecule has 0 aliphatic carbocycles. The molecule has 4 rings (SSSR count). The van der Waals surface area contributed by atoms with Crippen LogP contribution >= 0.6 is 11.3 Å². The molecule has 3 aromatic rings. The normalized spacial score (nSPS) is 16.1. The molecule has 1 amide bonds. The van der Waals surface area contributed by atoms with E-state index >= 15 is 0 Å². The van der Waals surface area contributed by atoms with Gasteiger partial charge in [0.1, 0.15) is 11.5 Å². The molecule has 28 heavy (non-hydrogen) atoms. The van der Waals surface area contributed by atoms with Gasteiger partial charge >= 0.3 is 0 Å². The zero-order chi connectivity index (χ0) is 19.7. The van der Waals surface area contributed by atoms with Crippen LogP contribution in [0.1, 0.15) is 46.1 Å². The van der Waals surface area contributed by atoms with Crippen molar-refractivity contribution in [2.45, 2.75) is 32.1 Å². The number of anilines is 1. The van der Waals surface area contributed by atoms with Gasteiger partial charge in [0.15, 0.2) is 5.13 Å². The van der Waals surface area contributed by atoms with E-state index in [2.05, 4.69) is 44.6 Å². The molecule has 1 aliphatic heterocycles. The number of hydrogen-bond donors (Lipinski definition) is 1. The molecule has 0 saturated carbocycles. The van der Waals surface area contributed by atoms with Gasteiger partial charge in [-0.1, -0.05) is 30.3 Å². The molecule has 2 aromatic heterocycles. The first-order valence-corrected chi connectivity index (χ1v) is 10.2. The molecular weight excluding hydrogens is 370 g/mol. The van der Waals surface area contributed by atoms with Gasteiger partial charge in [-0.3, -0.25) is 4.79 Å². The van der Waals surface area contributed by atoms with Crippen molar-refractivity contribution in [1.82, 2.24) is 19.9 Å². The highest BCUT2D eigenvalue weighted by Crippen LogP contribution is 2.42. The number of nitrogens with zero attached hydrogens (tertiary/aromatic N) is 4. The molecule has 7 heteroatoms. The number of carbonyl (C=O) groups is 1. The van der Waals surface area contributed by atoms with Crippen molar-refractivity contribution in [2.75, 3.05) is 18.8 Å². The third kappa shape index (κ3) is 3.38. The SMILES string of the molecule is Cc1cc(C(=O)N2CCC(c3ccccc3)(c3csc(N)n3)CC2)nc(C)n1. The van der Waals surface area contributed by atoms with E-state index in [1.165, 1.54) is 16.9 Å². The summed E-state index contributed by atoms with van der Waals surface area (Å²) in [5, 5.41) is 2.63. The number of amides is 1. The van der Waals surface area contributed by atoms with E-state index in [0.717, 1.165) is 24.2 Å². The summed E-state index contributed by atoms with van der Waals surface area (Å²) in [6, 6.07) is 12.2. The minimum atomic E-state index is -0.219. The van der Waals surface area contributed by atoms with E-state index < -0.39 is 0 Å². The molecule has 1 aromatic carbocycles. The number of nitrogen functional groups attached to an aromatic ring is 1. The number of thiazole rings is 1. The first-order valence-electron chi connectivity index (χ1n) is 9.36. The average molecular weight is 394 g/mol. The molecule has 0 radical (unpaired) electrons. The summed E-state index contributed by atoms with van der Waals surface area (Å²) in [6.07, 6.45) is 1.60. The summed E-state index contributed by atoms with van der Waals surface area (Å²) in [7, 11) is 0. The molecule has 1 aliphatic rings.